The maximum absolute atomic E-state index is 8.59. The second-order valence-electron chi connectivity index (χ2n) is 4.96. The van der Waals surface area contributed by atoms with E-state index in [1.807, 2.05) is 6.08 Å². The summed E-state index contributed by atoms with van der Waals surface area (Å²) in [5.41, 5.74) is 0. The highest BCUT2D eigenvalue weighted by Crippen LogP contribution is 2.10. The average Bonchev–Trinajstić information content (AvgIpc) is 2.41. The summed E-state index contributed by atoms with van der Waals surface area (Å²) in [6.07, 6.45) is 17.7. The van der Waals surface area contributed by atoms with Gasteiger partial charge in [-0.05, 0) is 12.8 Å². The van der Waals surface area contributed by atoms with Gasteiger partial charge in [-0.2, -0.15) is 0 Å². The van der Waals surface area contributed by atoms with Crippen LogP contribution in [0.25, 0.3) is 0 Å². The smallest absolute Gasteiger partial charge is 0.0431 e. The molecule has 0 heterocycles. The number of hydrogen-bond donors (Lipinski definition) is 1. The monoisotopic (exact) mass is 256 g/mol. The maximum Gasteiger partial charge on any atom is 0.0431 e. The predicted molar refractivity (Wildman–Crippen MR) is 84.0 cm³/mol. The standard InChI is InChI=1S/C13H28O.C4H8/c1-2-3-4-5-6-7-8-9-10-11-12-13-14;1-3-4-2/h14H,2-13H2,1H3;3H,1,4H2,2H3. The van der Waals surface area contributed by atoms with E-state index in [9.17, 15) is 0 Å². The Balaban J connectivity index is 0. The van der Waals surface area contributed by atoms with E-state index in [1.165, 1.54) is 64.2 Å². The van der Waals surface area contributed by atoms with Crippen LogP contribution in [0.2, 0.25) is 0 Å². The number of hydrogen-bond acceptors (Lipinski definition) is 1. The molecular weight excluding hydrogens is 220 g/mol. The van der Waals surface area contributed by atoms with Gasteiger partial charge in [0.05, 0.1) is 0 Å². The van der Waals surface area contributed by atoms with Crippen LogP contribution in [0.15, 0.2) is 12.7 Å². The third-order valence-electron chi connectivity index (χ3n) is 3.05. The van der Waals surface area contributed by atoms with Crippen molar-refractivity contribution in [3.05, 3.63) is 12.7 Å². The minimum Gasteiger partial charge on any atom is -0.396 e. The largest absolute Gasteiger partial charge is 0.396 e. The van der Waals surface area contributed by atoms with Crippen molar-refractivity contribution in [3.63, 3.8) is 0 Å². The van der Waals surface area contributed by atoms with Crippen molar-refractivity contribution in [2.24, 2.45) is 0 Å². The van der Waals surface area contributed by atoms with Crippen molar-refractivity contribution >= 4 is 0 Å². The molecule has 0 aliphatic rings. The van der Waals surface area contributed by atoms with Crippen LogP contribution in [-0.2, 0) is 0 Å². The lowest BCUT2D eigenvalue weighted by Gasteiger charge is -2.01. The normalized spacial score (nSPS) is 9.72. The lowest BCUT2D eigenvalue weighted by Crippen LogP contribution is -1.84. The molecule has 0 aliphatic carbocycles. The van der Waals surface area contributed by atoms with E-state index in [4.69, 9.17) is 5.11 Å². The van der Waals surface area contributed by atoms with Gasteiger partial charge in [0, 0.05) is 6.61 Å². The fraction of sp³-hybridized carbons (Fsp3) is 0.882. The van der Waals surface area contributed by atoms with Crippen molar-refractivity contribution in [3.8, 4) is 0 Å². The summed E-state index contributed by atoms with van der Waals surface area (Å²) >= 11 is 0. The first kappa shape index (κ1) is 20.0. The molecule has 0 atom stereocenters. The molecule has 1 heteroatoms. The highest BCUT2D eigenvalue weighted by molar-refractivity contribution is 4.60. The van der Waals surface area contributed by atoms with Crippen LogP contribution in [0.4, 0.5) is 0 Å². The third-order valence-corrected chi connectivity index (χ3v) is 3.05. The number of unbranched alkanes of at least 4 members (excludes halogenated alkanes) is 10. The zero-order chi connectivity index (χ0) is 13.9. The minimum absolute atomic E-state index is 0.372. The van der Waals surface area contributed by atoms with Crippen LogP contribution >= 0.6 is 0 Å². The molecule has 0 aromatic heterocycles. The van der Waals surface area contributed by atoms with Crippen molar-refractivity contribution in [1.29, 1.82) is 0 Å². The molecule has 0 aromatic carbocycles. The van der Waals surface area contributed by atoms with Gasteiger partial charge in [0.1, 0.15) is 0 Å². The maximum atomic E-state index is 8.59. The van der Waals surface area contributed by atoms with E-state index in [0.29, 0.717) is 6.61 Å². The molecular formula is C17H36O. The molecule has 0 fully saturated rings. The summed E-state index contributed by atoms with van der Waals surface area (Å²) in [5, 5.41) is 8.59. The van der Waals surface area contributed by atoms with Gasteiger partial charge in [-0.15, -0.1) is 6.58 Å². The lowest BCUT2D eigenvalue weighted by atomic mass is 10.1. The van der Waals surface area contributed by atoms with E-state index < -0.39 is 0 Å². The lowest BCUT2D eigenvalue weighted by molar-refractivity contribution is 0.282. The minimum atomic E-state index is 0.372. The number of rotatable bonds is 12. The number of aliphatic hydroxyl groups is 1. The van der Waals surface area contributed by atoms with Gasteiger partial charge < -0.3 is 5.11 Å². The predicted octanol–water partition coefficient (Wildman–Crippen LogP) is 5.87. The Morgan fingerprint density at radius 2 is 1.06 bits per heavy atom. The van der Waals surface area contributed by atoms with Crippen LogP contribution in [0.3, 0.4) is 0 Å². The number of allylic oxidation sites excluding steroid dienone is 1. The molecule has 0 saturated carbocycles. The molecule has 0 amide bonds. The topological polar surface area (TPSA) is 20.2 Å². The van der Waals surface area contributed by atoms with Crippen LogP contribution in [0.5, 0.6) is 0 Å². The first-order valence-corrected chi connectivity index (χ1v) is 8.05. The fourth-order valence-corrected chi connectivity index (χ4v) is 1.78. The summed E-state index contributed by atoms with van der Waals surface area (Å²) in [6.45, 7) is 8.18. The molecule has 0 unspecified atom stereocenters. The Morgan fingerprint density at radius 1 is 0.722 bits per heavy atom. The molecule has 0 aromatic rings. The first-order chi connectivity index (χ1) is 8.83. The molecule has 0 aliphatic heterocycles. The van der Waals surface area contributed by atoms with Crippen molar-refractivity contribution in [1.82, 2.24) is 0 Å². The second-order valence-corrected chi connectivity index (χ2v) is 4.96. The van der Waals surface area contributed by atoms with Crippen molar-refractivity contribution in [2.75, 3.05) is 6.61 Å². The summed E-state index contributed by atoms with van der Waals surface area (Å²) in [5.74, 6) is 0. The van der Waals surface area contributed by atoms with Crippen LogP contribution in [-0.4, -0.2) is 11.7 Å². The van der Waals surface area contributed by atoms with Crippen LogP contribution in [0.1, 0.15) is 90.9 Å². The summed E-state index contributed by atoms with van der Waals surface area (Å²) in [6, 6.07) is 0. The summed E-state index contributed by atoms with van der Waals surface area (Å²) < 4.78 is 0. The van der Waals surface area contributed by atoms with E-state index in [2.05, 4.69) is 20.4 Å². The molecule has 1 N–H and O–H groups in total. The molecule has 18 heavy (non-hydrogen) atoms. The zero-order valence-electron chi connectivity index (χ0n) is 12.9. The van der Waals surface area contributed by atoms with E-state index in [0.717, 1.165) is 12.8 Å². The zero-order valence-corrected chi connectivity index (χ0v) is 12.9. The van der Waals surface area contributed by atoms with Gasteiger partial charge in [-0.1, -0.05) is 84.1 Å². The molecule has 0 saturated heterocycles. The molecule has 110 valence electrons. The van der Waals surface area contributed by atoms with Crippen molar-refractivity contribution in [2.45, 2.75) is 90.9 Å². The van der Waals surface area contributed by atoms with Crippen LogP contribution in [0, 0.1) is 0 Å². The third kappa shape index (κ3) is 24.8. The van der Waals surface area contributed by atoms with E-state index in [-0.39, 0.29) is 0 Å². The first-order valence-electron chi connectivity index (χ1n) is 8.05. The summed E-state index contributed by atoms with van der Waals surface area (Å²) in [4.78, 5) is 0. The van der Waals surface area contributed by atoms with Gasteiger partial charge in [0.25, 0.3) is 0 Å². The second kappa shape index (κ2) is 21.9. The van der Waals surface area contributed by atoms with E-state index >= 15 is 0 Å². The highest BCUT2D eigenvalue weighted by Gasteiger charge is 1.91. The van der Waals surface area contributed by atoms with Gasteiger partial charge >= 0.3 is 0 Å². The van der Waals surface area contributed by atoms with Gasteiger partial charge in [0.2, 0.25) is 0 Å². The quantitative estimate of drug-likeness (QED) is 0.342. The SMILES string of the molecule is C=CCC.CCCCCCCCCCCCCO. The van der Waals surface area contributed by atoms with Gasteiger partial charge in [0.15, 0.2) is 0 Å². The molecule has 0 radical (unpaired) electrons. The van der Waals surface area contributed by atoms with Gasteiger partial charge in [-0.3, -0.25) is 0 Å². The van der Waals surface area contributed by atoms with Crippen LogP contribution < -0.4 is 0 Å². The molecule has 0 bridgehead atoms. The molecule has 0 rings (SSSR count). The Morgan fingerprint density at radius 3 is 1.33 bits per heavy atom. The number of aliphatic hydroxyl groups excluding tert-OH is 1. The Hall–Kier alpha value is -0.300. The summed E-state index contributed by atoms with van der Waals surface area (Å²) in [7, 11) is 0. The fourth-order valence-electron chi connectivity index (χ4n) is 1.78. The van der Waals surface area contributed by atoms with Gasteiger partial charge in [-0.25, -0.2) is 0 Å². The highest BCUT2D eigenvalue weighted by atomic mass is 16.2. The van der Waals surface area contributed by atoms with E-state index in [1.54, 1.807) is 0 Å². The van der Waals surface area contributed by atoms with Crippen molar-refractivity contribution < 1.29 is 5.11 Å². The molecule has 0 spiro atoms. The Labute approximate surface area is 116 Å². The molecule has 1 nitrogen and oxygen atoms in total. The average molecular weight is 256 g/mol. The Kier molecular flexibility index (Phi) is 24.4. The Bertz CT molecular complexity index is 120.